The van der Waals surface area contributed by atoms with Gasteiger partial charge >= 0.3 is 0 Å². The van der Waals surface area contributed by atoms with Gasteiger partial charge in [0, 0.05) is 18.7 Å². The van der Waals surface area contributed by atoms with Crippen molar-refractivity contribution in [1.82, 2.24) is 10.2 Å². The van der Waals surface area contributed by atoms with Crippen LogP contribution in [-0.4, -0.2) is 57.0 Å². The van der Waals surface area contributed by atoms with Gasteiger partial charge < -0.3 is 19.7 Å². The molecule has 1 fully saturated rings. The molecule has 0 bridgehead atoms. The lowest BCUT2D eigenvalue weighted by atomic mass is 10.1. The average molecular weight is 606 g/mol. The third-order valence-corrected chi connectivity index (χ3v) is 9.77. The molecule has 0 unspecified atom stereocenters. The fraction of sp³-hybridized carbons (Fsp3) is 0.394. The highest BCUT2D eigenvalue weighted by Gasteiger charge is 2.35. The maximum absolute atomic E-state index is 14.3. The van der Waals surface area contributed by atoms with Crippen molar-refractivity contribution < 1.29 is 27.5 Å². The fourth-order valence-electron chi connectivity index (χ4n) is 5.61. The summed E-state index contributed by atoms with van der Waals surface area (Å²) in [7, 11) is -4.17. The number of ether oxygens (including phenoxy) is 2. The van der Waals surface area contributed by atoms with Crippen LogP contribution in [0.3, 0.4) is 0 Å². The van der Waals surface area contributed by atoms with Crippen molar-refractivity contribution in [3.05, 3.63) is 83.9 Å². The third-order valence-electron chi connectivity index (χ3n) is 7.98. The van der Waals surface area contributed by atoms with E-state index in [-0.39, 0.29) is 29.1 Å². The Morgan fingerprint density at radius 3 is 2.28 bits per heavy atom. The standard InChI is InChI=1S/C33H39N3O6S/c1-3-29(33(38)34-26-9-7-8-10-26)35(22-25-15-13-24(2)14-16-25)32(37)23-36(43(39,40)28-11-5-4-6-12-28)27-17-18-30-31(21-27)42-20-19-41-30/h4-6,11-18,21,26,29H,3,7-10,19-20,22-23H2,1-2H3,(H,34,38)/t29-/m1/s1. The zero-order valence-electron chi connectivity index (χ0n) is 24.7. The van der Waals surface area contributed by atoms with Crippen molar-refractivity contribution >= 4 is 27.5 Å². The monoisotopic (exact) mass is 605 g/mol. The molecular weight excluding hydrogens is 566 g/mol. The minimum Gasteiger partial charge on any atom is -0.486 e. The largest absolute Gasteiger partial charge is 0.486 e. The van der Waals surface area contributed by atoms with E-state index in [1.54, 1.807) is 36.4 Å². The number of carbonyl (C=O) groups is 2. The number of sulfonamides is 1. The van der Waals surface area contributed by atoms with Crippen LogP contribution in [0.2, 0.25) is 0 Å². The molecule has 1 aliphatic carbocycles. The number of carbonyl (C=O) groups excluding carboxylic acids is 2. The number of amides is 2. The average Bonchev–Trinajstić information content (AvgIpc) is 3.53. The Balaban J connectivity index is 1.51. The Kier molecular flexibility index (Phi) is 9.55. The van der Waals surface area contributed by atoms with Gasteiger partial charge in [-0.15, -0.1) is 0 Å². The van der Waals surface area contributed by atoms with E-state index in [2.05, 4.69) is 5.32 Å². The second-order valence-corrected chi connectivity index (χ2v) is 12.9. The van der Waals surface area contributed by atoms with Crippen LogP contribution in [-0.2, 0) is 26.2 Å². The smallest absolute Gasteiger partial charge is 0.264 e. The van der Waals surface area contributed by atoms with E-state index in [4.69, 9.17) is 9.47 Å². The first kappa shape index (κ1) is 30.4. The van der Waals surface area contributed by atoms with E-state index in [1.807, 2.05) is 38.1 Å². The molecule has 10 heteroatoms. The molecule has 0 aromatic heterocycles. The summed E-state index contributed by atoms with van der Waals surface area (Å²) in [5, 5.41) is 3.14. The lowest BCUT2D eigenvalue weighted by Crippen LogP contribution is -2.53. The first-order chi connectivity index (χ1) is 20.8. The van der Waals surface area contributed by atoms with Crippen LogP contribution in [0.4, 0.5) is 5.69 Å². The minimum atomic E-state index is -4.17. The fourth-order valence-corrected chi connectivity index (χ4v) is 7.04. The Bertz CT molecular complexity index is 1520. The van der Waals surface area contributed by atoms with Gasteiger partial charge in [-0.05, 0) is 56.0 Å². The van der Waals surface area contributed by atoms with Crippen molar-refractivity contribution in [3.8, 4) is 11.5 Å². The molecule has 1 heterocycles. The third kappa shape index (κ3) is 7.13. The number of fused-ring (bicyclic) bond motifs is 1. The van der Waals surface area contributed by atoms with Gasteiger partial charge in [0.1, 0.15) is 25.8 Å². The van der Waals surface area contributed by atoms with E-state index in [1.165, 1.54) is 17.0 Å². The molecule has 1 atom stereocenters. The zero-order valence-corrected chi connectivity index (χ0v) is 25.5. The lowest BCUT2D eigenvalue weighted by Gasteiger charge is -2.34. The highest BCUT2D eigenvalue weighted by molar-refractivity contribution is 7.92. The predicted molar refractivity (Wildman–Crippen MR) is 165 cm³/mol. The van der Waals surface area contributed by atoms with Crippen LogP contribution >= 0.6 is 0 Å². The summed E-state index contributed by atoms with van der Waals surface area (Å²) in [5.41, 5.74) is 2.19. The summed E-state index contributed by atoms with van der Waals surface area (Å²) in [6.07, 6.45) is 4.35. The van der Waals surface area contributed by atoms with Gasteiger partial charge in [-0.3, -0.25) is 13.9 Å². The van der Waals surface area contributed by atoms with Crippen LogP contribution in [0, 0.1) is 6.92 Å². The van der Waals surface area contributed by atoms with Crippen LogP contribution < -0.4 is 19.1 Å². The van der Waals surface area contributed by atoms with E-state index in [0.717, 1.165) is 41.1 Å². The quantitative estimate of drug-likeness (QED) is 0.336. The first-order valence-electron chi connectivity index (χ1n) is 14.9. The van der Waals surface area contributed by atoms with Gasteiger partial charge in [0.15, 0.2) is 11.5 Å². The molecule has 43 heavy (non-hydrogen) atoms. The number of aryl methyl sites for hydroxylation is 1. The summed E-state index contributed by atoms with van der Waals surface area (Å²) in [4.78, 5) is 29.4. The maximum Gasteiger partial charge on any atom is 0.264 e. The molecule has 1 N–H and O–H groups in total. The van der Waals surface area contributed by atoms with Crippen LogP contribution in [0.1, 0.15) is 50.2 Å². The number of rotatable bonds is 11. The van der Waals surface area contributed by atoms with Crippen molar-refractivity contribution in [3.63, 3.8) is 0 Å². The Morgan fingerprint density at radius 2 is 1.60 bits per heavy atom. The molecule has 0 radical (unpaired) electrons. The number of hydrogen-bond acceptors (Lipinski definition) is 6. The summed E-state index contributed by atoms with van der Waals surface area (Å²) < 4.78 is 40.6. The molecule has 0 spiro atoms. The Hall–Kier alpha value is -4.05. The van der Waals surface area contributed by atoms with Crippen LogP contribution in [0.5, 0.6) is 11.5 Å². The highest BCUT2D eigenvalue weighted by Crippen LogP contribution is 2.36. The van der Waals surface area contributed by atoms with Crippen molar-refractivity contribution in [2.24, 2.45) is 0 Å². The number of hydrogen-bond donors (Lipinski definition) is 1. The molecule has 0 saturated heterocycles. The van der Waals surface area contributed by atoms with Gasteiger partial charge in [0.05, 0.1) is 10.6 Å². The molecule has 3 aromatic carbocycles. The maximum atomic E-state index is 14.3. The molecule has 5 rings (SSSR count). The van der Waals surface area contributed by atoms with Crippen LogP contribution in [0.15, 0.2) is 77.7 Å². The predicted octanol–water partition coefficient (Wildman–Crippen LogP) is 4.83. The molecular formula is C33H39N3O6S. The highest BCUT2D eigenvalue weighted by atomic mass is 32.2. The molecule has 1 aliphatic heterocycles. The molecule has 9 nitrogen and oxygen atoms in total. The van der Waals surface area contributed by atoms with Crippen LogP contribution in [0.25, 0.3) is 0 Å². The number of nitrogens with one attached hydrogen (secondary N) is 1. The van der Waals surface area contributed by atoms with E-state index in [9.17, 15) is 18.0 Å². The van der Waals surface area contributed by atoms with Gasteiger partial charge in [0.25, 0.3) is 10.0 Å². The number of benzene rings is 3. The Morgan fingerprint density at radius 1 is 0.930 bits per heavy atom. The SMILES string of the molecule is CC[C@H](C(=O)NC1CCCC1)N(Cc1ccc(C)cc1)C(=O)CN(c1ccc2c(c1)OCCO2)S(=O)(=O)c1ccccc1. The van der Waals surface area contributed by atoms with E-state index < -0.39 is 28.5 Å². The van der Waals surface area contributed by atoms with Crippen molar-refractivity contribution in [2.45, 2.75) is 69.5 Å². The first-order valence-corrected chi connectivity index (χ1v) is 16.3. The van der Waals surface area contributed by atoms with Crippen molar-refractivity contribution in [2.75, 3.05) is 24.1 Å². The van der Waals surface area contributed by atoms with Gasteiger partial charge in [0.2, 0.25) is 11.8 Å². The number of nitrogens with zero attached hydrogens (tertiary/aromatic N) is 2. The molecule has 1 saturated carbocycles. The van der Waals surface area contributed by atoms with Crippen molar-refractivity contribution in [1.29, 1.82) is 0 Å². The Labute approximate surface area is 253 Å². The van der Waals surface area contributed by atoms with E-state index in [0.29, 0.717) is 31.1 Å². The molecule has 2 aliphatic rings. The van der Waals surface area contributed by atoms with Gasteiger partial charge in [-0.25, -0.2) is 8.42 Å². The molecule has 2 amide bonds. The second kappa shape index (κ2) is 13.5. The van der Waals surface area contributed by atoms with Gasteiger partial charge in [-0.2, -0.15) is 0 Å². The van der Waals surface area contributed by atoms with Gasteiger partial charge in [-0.1, -0.05) is 67.8 Å². The summed E-state index contributed by atoms with van der Waals surface area (Å²) >= 11 is 0. The minimum absolute atomic E-state index is 0.0498. The topological polar surface area (TPSA) is 105 Å². The number of anilines is 1. The summed E-state index contributed by atoms with van der Waals surface area (Å²) in [6.45, 7) is 4.24. The summed E-state index contributed by atoms with van der Waals surface area (Å²) in [5.74, 6) is 0.215. The lowest BCUT2D eigenvalue weighted by molar-refractivity contribution is -0.140. The molecule has 228 valence electrons. The second-order valence-electron chi connectivity index (χ2n) is 11.1. The molecule has 3 aromatic rings. The summed E-state index contributed by atoms with van der Waals surface area (Å²) in [6, 6.07) is 19.9. The van der Waals surface area contributed by atoms with E-state index >= 15 is 0 Å². The zero-order chi connectivity index (χ0) is 30.4. The normalized spacial score (nSPS) is 15.5.